The molecule has 0 radical (unpaired) electrons. The van der Waals surface area contributed by atoms with E-state index in [-0.39, 0.29) is 11.3 Å². The first kappa shape index (κ1) is 13.5. The molecule has 0 aliphatic rings. The second kappa shape index (κ2) is 5.83. The number of carbonyl (C=O) groups is 1. The summed E-state index contributed by atoms with van der Waals surface area (Å²) in [4.78, 5) is 21.9. The normalized spacial score (nSPS) is 9.85. The Bertz CT molecular complexity index is 641. The second-order valence-electron chi connectivity index (χ2n) is 3.97. The van der Waals surface area contributed by atoms with Gasteiger partial charge in [0, 0.05) is 17.4 Å². The molecule has 0 bridgehead atoms. The maximum absolute atomic E-state index is 11.5. The highest BCUT2D eigenvalue weighted by Crippen LogP contribution is 2.26. The van der Waals surface area contributed by atoms with Crippen LogP contribution >= 0.6 is 0 Å². The van der Waals surface area contributed by atoms with Gasteiger partial charge < -0.3 is 10.1 Å². The molecule has 0 aromatic heterocycles. The van der Waals surface area contributed by atoms with Crippen LogP contribution in [-0.4, -0.2) is 18.0 Å². The average molecular weight is 272 g/mol. The number of ether oxygens (including phenoxy) is 1. The second-order valence-corrected chi connectivity index (χ2v) is 3.97. The molecule has 2 rings (SSSR count). The molecule has 0 heterocycles. The molecular weight excluding hydrogens is 260 g/mol. The smallest absolute Gasteiger partial charge is 0.344 e. The van der Waals surface area contributed by atoms with Crippen molar-refractivity contribution in [2.24, 2.45) is 0 Å². The molecule has 0 saturated carbocycles. The van der Waals surface area contributed by atoms with Crippen LogP contribution in [0.15, 0.2) is 48.5 Å². The first-order valence-corrected chi connectivity index (χ1v) is 5.80. The number of anilines is 2. The van der Waals surface area contributed by atoms with E-state index in [4.69, 9.17) is 0 Å². The summed E-state index contributed by atoms with van der Waals surface area (Å²) in [5.74, 6) is -0.733. The average Bonchev–Trinajstić information content (AvgIpc) is 2.47. The summed E-state index contributed by atoms with van der Waals surface area (Å²) in [7, 11) is 1.18. The minimum atomic E-state index is -0.733. The number of esters is 1. The molecule has 20 heavy (non-hydrogen) atoms. The summed E-state index contributed by atoms with van der Waals surface area (Å²) >= 11 is 0. The van der Waals surface area contributed by atoms with Crippen molar-refractivity contribution in [1.29, 1.82) is 0 Å². The molecule has 0 spiro atoms. The molecule has 0 saturated heterocycles. The fraction of sp³-hybridized carbons (Fsp3) is 0.0714. The molecular formula is C14H12N2O4. The standard InChI is InChI=1S/C14H12N2O4/c1-20-14(17)12-8-7-11(9-13(12)16(18)19)15-10-5-3-2-4-6-10/h2-9,15H,1H3. The van der Waals surface area contributed by atoms with E-state index >= 15 is 0 Å². The zero-order valence-electron chi connectivity index (χ0n) is 10.7. The third-order valence-corrected chi connectivity index (χ3v) is 2.66. The van der Waals surface area contributed by atoms with Gasteiger partial charge in [-0.25, -0.2) is 4.79 Å². The van der Waals surface area contributed by atoms with Gasteiger partial charge in [0.2, 0.25) is 0 Å². The van der Waals surface area contributed by atoms with Crippen LogP contribution < -0.4 is 5.32 Å². The first-order chi connectivity index (χ1) is 9.61. The van der Waals surface area contributed by atoms with Crippen LogP contribution in [0.5, 0.6) is 0 Å². The van der Waals surface area contributed by atoms with E-state index in [1.165, 1.54) is 19.2 Å². The molecule has 6 nitrogen and oxygen atoms in total. The van der Waals surface area contributed by atoms with Gasteiger partial charge in [-0.3, -0.25) is 10.1 Å². The van der Waals surface area contributed by atoms with E-state index in [0.717, 1.165) is 5.69 Å². The zero-order valence-corrected chi connectivity index (χ0v) is 10.7. The predicted molar refractivity (Wildman–Crippen MR) is 74.2 cm³/mol. The SMILES string of the molecule is COC(=O)c1ccc(Nc2ccccc2)cc1[N+](=O)[O-]. The van der Waals surface area contributed by atoms with Gasteiger partial charge in [0.1, 0.15) is 5.56 Å². The van der Waals surface area contributed by atoms with Gasteiger partial charge in [0.25, 0.3) is 5.69 Å². The molecule has 1 N–H and O–H groups in total. The highest BCUT2D eigenvalue weighted by atomic mass is 16.6. The van der Waals surface area contributed by atoms with Crippen LogP contribution in [0.4, 0.5) is 17.1 Å². The first-order valence-electron chi connectivity index (χ1n) is 5.80. The molecule has 102 valence electrons. The van der Waals surface area contributed by atoms with Gasteiger partial charge in [-0.15, -0.1) is 0 Å². The molecule has 6 heteroatoms. The zero-order chi connectivity index (χ0) is 14.5. The quantitative estimate of drug-likeness (QED) is 0.525. The Morgan fingerprint density at radius 3 is 2.45 bits per heavy atom. The number of methoxy groups -OCH3 is 1. The van der Waals surface area contributed by atoms with Crippen LogP contribution in [-0.2, 0) is 4.74 Å². The van der Waals surface area contributed by atoms with Gasteiger partial charge in [0.05, 0.1) is 12.0 Å². The Morgan fingerprint density at radius 2 is 1.85 bits per heavy atom. The fourth-order valence-corrected chi connectivity index (χ4v) is 1.73. The Labute approximate surface area is 115 Å². The van der Waals surface area contributed by atoms with Crippen LogP contribution in [0, 0.1) is 10.1 Å². The van der Waals surface area contributed by atoms with Gasteiger partial charge in [0.15, 0.2) is 0 Å². The van der Waals surface area contributed by atoms with E-state index in [2.05, 4.69) is 10.1 Å². The maximum Gasteiger partial charge on any atom is 0.344 e. The maximum atomic E-state index is 11.5. The molecule has 0 aliphatic carbocycles. The molecule has 0 unspecified atom stereocenters. The summed E-state index contributed by atoms with van der Waals surface area (Å²) in [6.07, 6.45) is 0. The third-order valence-electron chi connectivity index (χ3n) is 2.66. The lowest BCUT2D eigenvalue weighted by molar-refractivity contribution is -0.385. The fourth-order valence-electron chi connectivity index (χ4n) is 1.73. The summed E-state index contributed by atoms with van der Waals surface area (Å²) in [6, 6.07) is 13.5. The third kappa shape index (κ3) is 2.92. The number of hydrogen-bond acceptors (Lipinski definition) is 5. The number of rotatable bonds is 4. The number of nitrogens with zero attached hydrogens (tertiary/aromatic N) is 1. The van der Waals surface area contributed by atoms with E-state index in [0.29, 0.717) is 5.69 Å². The van der Waals surface area contributed by atoms with Crippen LogP contribution in [0.1, 0.15) is 10.4 Å². The Kier molecular flexibility index (Phi) is 3.95. The van der Waals surface area contributed by atoms with Crippen molar-refractivity contribution in [3.05, 3.63) is 64.2 Å². The number of nitrogens with one attached hydrogen (secondary N) is 1. The molecule has 0 fully saturated rings. The van der Waals surface area contributed by atoms with Crippen LogP contribution in [0.2, 0.25) is 0 Å². The Hall–Kier alpha value is -2.89. The van der Waals surface area contributed by atoms with E-state index in [1.807, 2.05) is 30.3 Å². The van der Waals surface area contributed by atoms with Crippen LogP contribution in [0.25, 0.3) is 0 Å². The van der Waals surface area contributed by atoms with Crippen molar-refractivity contribution >= 4 is 23.0 Å². The predicted octanol–water partition coefficient (Wildman–Crippen LogP) is 3.13. The van der Waals surface area contributed by atoms with Crippen molar-refractivity contribution in [2.45, 2.75) is 0 Å². The lowest BCUT2D eigenvalue weighted by Crippen LogP contribution is -2.06. The number of para-hydroxylation sites is 1. The number of benzene rings is 2. The van der Waals surface area contributed by atoms with E-state index in [1.54, 1.807) is 6.07 Å². The van der Waals surface area contributed by atoms with Crippen molar-refractivity contribution in [1.82, 2.24) is 0 Å². The van der Waals surface area contributed by atoms with E-state index < -0.39 is 10.9 Å². The molecule has 0 amide bonds. The number of hydrogen-bond donors (Lipinski definition) is 1. The van der Waals surface area contributed by atoms with E-state index in [9.17, 15) is 14.9 Å². The number of nitro groups is 1. The minimum absolute atomic E-state index is 0.0730. The summed E-state index contributed by atoms with van der Waals surface area (Å²) in [6.45, 7) is 0. The summed E-state index contributed by atoms with van der Waals surface area (Å²) < 4.78 is 4.52. The van der Waals surface area contributed by atoms with Crippen molar-refractivity contribution in [3.63, 3.8) is 0 Å². The molecule has 2 aromatic carbocycles. The Morgan fingerprint density at radius 1 is 1.15 bits per heavy atom. The molecule has 2 aromatic rings. The number of nitro benzene ring substituents is 1. The lowest BCUT2D eigenvalue weighted by atomic mass is 10.1. The van der Waals surface area contributed by atoms with Gasteiger partial charge >= 0.3 is 5.97 Å². The van der Waals surface area contributed by atoms with Gasteiger partial charge in [-0.1, -0.05) is 18.2 Å². The minimum Gasteiger partial charge on any atom is -0.465 e. The van der Waals surface area contributed by atoms with Crippen molar-refractivity contribution < 1.29 is 14.5 Å². The largest absolute Gasteiger partial charge is 0.465 e. The lowest BCUT2D eigenvalue weighted by Gasteiger charge is -2.07. The molecule has 0 aliphatic heterocycles. The van der Waals surface area contributed by atoms with Gasteiger partial charge in [-0.2, -0.15) is 0 Å². The Balaban J connectivity index is 2.35. The van der Waals surface area contributed by atoms with Crippen LogP contribution in [0.3, 0.4) is 0 Å². The number of carbonyl (C=O) groups excluding carboxylic acids is 1. The monoisotopic (exact) mass is 272 g/mol. The highest BCUT2D eigenvalue weighted by molar-refractivity contribution is 5.94. The van der Waals surface area contributed by atoms with Crippen molar-refractivity contribution in [3.8, 4) is 0 Å². The summed E-state index contributed by atoms with van der Waals surface area (Å²) in [5.41, 5.74) is 0.956. The van der Waals surface area contributed by atoms with Gasteiger partial charge in [-0.05, 0) is 24.3 Å². The topological polar surface area (TPSA) is 81.5 Å². The molecule has 0 atom stereocenters. The van der Waals surface area contributed by atoms with Crippen molar-refractivity contribution in [2.75, 3.05) is 12.4 Å². The summed E-state index contributed by atoms with van der Waals surface area (Å²) in [5, 5.41) is 14.0. The highest BCUT2D eigenvalue weighted by Gasteiger charge is 2.21.